The Kier molecular flexibility index (Phi) is 4.53. The minimum Gasteiger partial charge on any atom is -0.408 e. The Balaban J connectivity index is 1.86. The molecule has 0 amide bonds. The van der Waals surface area contributed by atoms with Crippen molar-refractivity contribution in [3.8, 4) is 0 Å². The van der Waals surface area contributed by atoms with Crippen LogP contribution in [0.15, 0.2) is 27.4 Å². The summed E-state index contributed by atoms with van der Waals surface area (Å²) in [5.74, 6) is 0.386. The molecule has 1 fully saturated rings. The van der Waals surface area contributed by atoms with Gasteiger partial charge in [-0.1, -0.05) is 54.1 Å². The van der Waals surface area contributed by atoms with E-state index in [9.17, 15) is 4.79 Å². The standard InChI is InChI=1S/C17H22BrNO2/c1-19-14-10-9-13(11-15(14)21-17(19)20)16(18)12-7-5-3-2-4-6-8-12/h9-12,16H,2-8H2,1H3. The molecule has 3 rings (SSSR count). The van der Waals surface area contributed by atoms with Gasteiger partial charge in [-0.15, -0.1) is 0 Å². The lowest BCUT2D eigenvalue weighted by molar-refractivity contribution is 0.374. The van der Waals surface area contributed by atoms with Gasteiger partial charge in [0.25, 0.3) is 0 Å². The van der Waals surface area contributed by atoms with E-state index in [1.807, 2.05) is 12.1 Å². The van der Waals surface area contributed by atoms with Gasteiger partial charge in [-0.3, -0.25) is 4.57 Å². The summed E-state index contributed by atoms with van der Waals surface area (Å²) in [5, 5.41) is 0. The van der Waals surface area contributed by atoms with Crippen molar-refractivity contribution in [2.75, 3.05) is 0 Å². The lowest BCUT2D eigenvalue weighted by Gasteiger charge is -2.25. The maximum atomic E-state index is 11.6. The monoisotopic (exact) mass is 351 g/mol. The molecule has 0 bridgehead atoms. The molecule has 1 aliphatic carbocycles. The van der Waals surface area contributed by atoms with Gasteiger partial charge < -0.3 is 4.42 Å². The number of oxazole rings is 1. The van der Waals surface area contributed by atoms with Crippen LogP contribution >= 0.6 is 15.9 Å². The number of hydrogen-bond acceptors (Lipinski definition) is 2. The van der Waals surface area contributed by atoms with E-state index < -0.39 is 0 Å². The first kappa shape index (κ1) is 14.9. The molecule has 4 heteroatoms. The van der Waals surface area contributed by atoms with Crippen molar-refractivity contribution in [1.82, 2.24) is 4.57 Å². The zero-order valence-corrected chi connectivity index (χ0v) is 14.1. The lowest BCUT2D eigenvalue weighted by Crippen LogP contribution is -2.10. The number of benzene rings is 1. The summed E-state index contributed by atoms with van der Waals surface area (Å²) in [5.41, 5.74) is 2.78. The first-order chi connectivity index (χ1) is 10.2. The Bertz CT molecular complexity index is 665. The molecule has 114 valence electrons. The number of halogens is 1. The number of aryl methyl sites for hydroxylation is 1. The van der Waals surface area contributed by atoms with Crippen molar-refractivity contribution in [2.45, 2.75) is 49.8 Å². The van der Waals surface area contributed by atoms with Crippen molar-refractivity contribution in [2.24, 2.45) is 13.0 Å². The Morgan fingerprint density at radius 2 is 1.86 bits per heavy atom. The third-order valence-electron chi connectivity index (χ3n) is 4.70. The Labute approximate surface area is 133 Å². The number of hydrogen-bond donors (Lipinski definition) is 0. The fourth-order valence-corrected chi connectivity index (χ4v) is 4.19. The van der Waals surface area contributed by atoms with Gasteiger partial charge in [0, 0.05) is 11.9 Å². The Hall–Kier alpha value is -1.03. The number of nitrogens with zero attached hydrogens (tertiary/aromatic N) is 1. The van der Waals surface area contributed by atoms with Crippen molar-refractivity contribution in [1.29, 1.82) is 0 Å². The van der Waals surface area contributed by atoms with Gasteiger partial charge in [0.2, 0.25) is 0 Å². The average Bonchev–Trinajstić information content (AvgIpc) is 2.73. The van der Waals surface area contributed by atoms with Crippen LogP contribution in [0.2, 0.25) is 0 Å². The predicted molar refractivity (Wildman–Crippen MR) is 88.9 cm³/mol. The van der Waals surface area contributed by atoms with Gasteiger partial charge in [0.15, 0.2) is 5.58 Å². The molecule has 1 aromatic carbocycles. The van der Waals surface area contributed by atoms with Crippen LogP contribution in [-0.2, 0) is 7.05 Å². The molecule has 21 heavy (non-hydrogen) atoms. The molecule has 1 atom stereocenters. The fraction of sp³-hybridized carbons (Fsp3) is 0.588. The number of aromatic nitrogens is 1. The molecule has 1 saturated carbocycles. The van der Waals surface area contributed by atoms with Gasteiger partial charge >= 0.3 is 5.76 Å². The molecule has 1 aliphatic rings. The molecule has 0 radical (unpaired) electrons. The van der Waals surface area contributed by atoms with E-state index in [4.69, 9.17) is 4.42 Å². The first-order valence-corrected chi connectivity index (χ1v) is 8.82. The summed E-state index contributed by atoms with van der Waals surface area (Å²) in [6.07, 6.45) is 9.34. The van der Waals surface area contributed by atoms with Gasteiger partial charge in [-0.05, 0) is 36.5 Å². The molecule has 1 unspecified atom stereocenters. The maximum Gasteiger partial charge on any atom is 0.419 e. The van der Waals surface area contributed by atoms with Crippen molar-refractivity contribution in [3.63, 3.8) is 0 Å². The van der Waals surface area contributed by atoms with Gasteiger partial charge in [0.05, 0.1) is 5.52 Å². The highest BCUT2D eigenvalue weighted by atomic mass is 79.9. The quantitative estimate of drug-likeness (QED) is 0.719. The summed E-state index contributed by atoms with van der Waals surface area (Å²) < 4.78 is 6.86. The normalized spacial score (nSPS) is 19.3. The van der Waals surface area contributed by atoms with Crippen molar-refractivity contribution >= 4 is 27.0 Å². The smallest absolute Gasteiger partial charge is 0.408 e. The van der Waals surface area contributed by atoms with E-state index in [2.05, 4.69) is 22.0 Å². The predicted octanol–water partition coefficient (Wildman–Crippen LogP) is 4.93. The average molecular weight is 352 g/mol. The molecule has 1 aromatic heterocycles. The van der Waals surface area contributed by atoms with Crippen LogP contribution in [0.1, 0.15) is 55.3 Å². The lowest BCUT2D eigenvalue weighted by atomic mass is 9.86. The van der Waals surface area contributed by atoms with E-state index in [0.29, 0.717) is 16.3 Å². The Morgan fingerprint density at radius 3 is 2.57 bits per heavy atom. The van der Waals surface area contributed by atoms with E-state index in [1.54, 1.807) is 11.6 Å². The van der Waals surface area contributed by atoms with E-state index >= 15 is 0 Å². The molecule has 0 aliphatic heterocycles. The second-order valence-electron chi connectivity index (χ2n) is 6.16. The molecule has 0 spiro atoms. The van der Waals surface area contributed by atoms with Gasteiger partial charge in [-0.2, -0.15) is 0 Å². The summed E-state index contributed by atoms with van der Waals surface area (Å²) in [6.45, 7) is 0. The third-order valence-corrected chi connectivity index (χ3v) is 5.97. The highest BCUT2D eigenvalue weighted by Crippen LogP contribution is 2.39. The van der Waals surface area contributed by atoms with Crippen LogP contribution in [0, 0.1) is 5.92 Å². The molecule has 0 saturated heterocycles. The topological polar surface area (TPSA) is 35.1 Å². The molecular weight excluding hydrogens is 330 g/mol. The first-order valence-electron chi connectivity index (χ1n) is 7.90. The van der Waals surface area contributed by atoms with Crippen LogP contribution in [-0.4, -0.2) is 4.57 Å². The van der Waals surface area contributed by atoms with Crippen LogP contribution < -0.4 is 5.76 Å². The van der Waals surface area contributed by atoms with Gasteiger partial charge in [0.1, 0.15) is 0 Å². The van der Waals surface area contributed by atoms with Crippen LogP contribution in [0.25, 0.3) is 11.1 Å². The number of fused-ring (bicyclic) bond motifs is 1. The molecular formula is C17H22BrNO2. The van der Waals surface area contributed by atoms with Crippen molar-refractivity contribution in [3.05, 3.63) is 34.3 Å². The largest absolute Gasteiger partial charge is 0.419 e. The molecule has 3 nitrogen and oxygen atoms in total. The zero-order valence-electron chi connectivity index (χ0n) is 12.5. The summed E-state index contributed by atoms with van der Waals surface area (Å²) >= 11 is 3.89. The molecule has 1 heterocycles. The van der Waals surface area contributed by atoms with E-state index in [0.717, 1.165) is 5.52 Å². The second-order valence-corrected chi connectivity index (χ2v) is 7.15. The third kappa shape index (κ3) is 3.10. The maximum absolute atomic E-state index is 11.6. The minimum atomic E-state index is -0.292. The minimum absolute atomic E-state index is 0.292. The fourth-order valence-electron chi connectivity index (χ4n) is 3.37. The summed E-state index contributed by atoms with van der Waals surface area (Å²) in [6, 6.07) is 6.14. The van der Waals surface area contributed by atoms with Crippen LogP contribution in [0.5, 0.6) is 0 Å². The molecule has 2 aromatic rings. The Morgan fingerprint density at radius 1 is 1.19 bits per heavy atom. The van der Waals surface area contributed by atoms with E-state index in [1.165, 1.54) is 50.5 Å². The highest BCUT2D eigenvalue weighted by Gasteiger charge is 2.22. The second kappa shape index (κ2) is 6.39. The zero-order chi connectivity index (χ0) is 14.8. The molecule has 0 N–H and O–H groups in total. The van der Waals surface area contributed by atoms with Crippen LogP contribution in [0.4, 0.5) is 0 Å². The number of rotatable bonds is 2. The highest BCUT2D eigenvalue weighted by molar-refractivity contribution is 9.09. The van der Waals surface area contributed by atoms with Crippen molar-refractivity contribution < 1.29 is 4.42 Å². The van der Waals surface area contributed by atoms with Crippen LogP contribution in [0.3, 0.4) is 0 Å². The van der Waals surface area contributed by atoms with Gasteiger partial charge in [-0.25, -0.2) is 4.79 Å². The van der Waals surface area contributed by atoms with E-state index in [-0.39, 0.29) is 5.76 Å². The SMILES string of the molecule is Cn1c(=O)oc2cc(C(Br)C3CCCCCCC3)ccc21. The number of alkyl halides is 1. The summed E-state index contributed by atoms with van der Waals surface area (Å²) in [7, 11) is 1.74. The summed E-state index contributed by atoms with van der Waals surface area (Å²) in [4.78, 5) is 11.9.